The van der Waals surface area contributed by atoms with Gasteiger partial charge in [-0.1, -0.05) is 35.5 Å². The predicted octanol–water partition coefficient (Wildman–Crippen LogP) is 3.24. The third-order valence-electron chi connectivity index (χ3n) is 4.64. The zero-order valence-corrected chi connectivity index (χ0v) is 15.5. The average molecular weight is 382 g/mol. The van der Waals surface area contributed by atoms with E-state index in [1.54, 1.807) is 6.92 Å². The van der Waals surface area contributed by atoms with Gasteiger partial charge >= 0.3 is 6.03 Å². The number of amides is 3. The standard InChI is InChI=1S/C19H18N4O3S/c1-19(9-7-13-5-3-2-4-6-13)17(24)23(18(25)21-19)11-15-20-16(22-26-15)14-8-10-27-12-14/h2-6,8,10,12H,7,9,11H2,1H3,(H,21,25)/t19-/m0/s1. The lowest BCUT2D eigenvalue weighted by molar-refractivity contribution is -0.131. The zero-order valence-electron chi connectivity index (χ0n) is 14.7. The van der Waals surface area contributed by atoms with E-state index in [0.717, 1.165) is 16.0 Å². The van der Waals surface area contributed by atoms with Crippen molar-refractivity contribution in [2.75, 3.05) is 0 Å². The minimum Gasteiger partial charge on any atom is -0.337 e. The number of rotatable bonds is 6. The van der Waals surface area contributed by atoms with Gasteiger partial charge in [0.05, 0.1) is 0 Å². The van der Waals surface area contributed by atoms with Gasteiger partial charge < -0.3 is 9.84 Å². The molecule has 27 heavy (non-hydrogen) atoms. The lowest BCUT2D eigenvalue weighted by Crippen LogP contribution is -2.44. The Morgan fingerprint density at radius 2 is 2.04 bits per heavy atom. The van der Waals surface area contributed by atoms with Gasteiger partial charge in [0.15, 0.2) is 0 Å². The molecule has 1 atom stereocenters. The van der Waals surface area contributed by atoms with Gasteiger partial charge in [-0.05, 0) is 36.8 Å². The summed E-state index contributed by atoms with van der Waals surface area (Å²) < 4.78 is 5.21. The van der Waals surface area contributed by atoms with E-state index in [-0.39, 0.29) is 18.3 Å². The van der Waals surface area contributed by atoms with Crippen LogP contribution >= 0.6 is 11.3 Å². The first-order valence-electron chi connectivity index (χ1n) is 8.58. The summed E-state index contributed by atoms with van der Waals surface area (Å²) in [6.45, 7) is 1.71. The monoisotopic (exact) mass is 382 g/mol. The summed E-state index contributed by atoms with van der Waals surface area (Å²) >= 11 is 1.53. The summed E-state index contributed by atoms with van der Waals surface area (Å²) in [6, 6.07) is 11.3. The van der Waals surface area contributed by atoms with Gasteiger partial charge in [0.1, 0.15) is 12.1 Å². The molecule has 1 N–H and O–H groups in total. The zero-order chi connectivity index (χ0) is 18.9. The first kappa shape index (κ1) is 17.4. The third-order valence-corrected chi connectivity index (χ3v) is 5.33. The minimum absolute atomic E-state index is 0.0390. The number of imide groups is 1. The Hall–Kier alpha value is -3.00. The van der Waals surface area contributed by atoms with Crippen LogP contribution in [0, 0.1) is 0 Å². The highest BCUT2D eigenvalue weighted by molar-refractivity contribution is 7.08. The van der Waals surface area contributed by atoms with E-state index in [4.69, 9.17) is 4.52 Å². The number of aromatic nitrogens is 2. The first-order chi connectivity index (χ1) is 13.0. The summed E-state index contributed by atoms with van der Waals surface area (Å²) in [4.78, 5) is 30.6. The molecular formula is C19H18N4O3S. The molecule has 0 bridgehead atoms. The van der Waals surface area contributed by atoms with Crippen LogP contribution in [-0.4, -0.2) is 32.5 Å². The van der Waals surface area contributed by atoms with Crippen LogP contribution < -0.4 is 5.32 Å². The highest BCUT2D eigenvalue weighted by Gasteiger charge is 2.47. The van der Waals surface area contributed by atoms with Crippen LogP contribution in [0.5, 0.6) is 0 Å². The van der Waals surface area contributed by atoms with Crippen LogP contribution in [0.15, 0.2) is 51.7 Å². The van der Waals surface area contributed by atoms with Crippen molar-refractivity contribution in [1.82, 2.24) is 20.4 Å². The highest BCUT2D eigenvalue weighted by Crippen LogP contribution is 2.25. The van der Waals surface area contributed by atoms with Crippen LogP contribution in [0.2, 0.25) is 0 Å². The van der Waals surface area contributed by atoms with Crippen LogP contribution in [0.4, 0.5) is 4.79 Å². The Kier molecular flexibility index (Phi) is 4.49. The molecule has 0 aliphatic carbocycles. The number of nitrogens with one attached hydrogen (secondary N) is 1. The molecule has 1 aliphatic heterocycles. The van der Waals surface area contributed by atoms with Crippen molar-refractivity contribution < 1.29 is 14.1 Å². The lowest BCUT2D eigenvalue weighted by Gasteiger charge is -2.21. The normalized spacial score (nSPS) is 19.5. The number of aryl methyl sites for hydroxylation is 1. The van der Waals surface area contributed by atoms with Crippen molar-refractivity contribution in [1.29, 1.82) is 0 Å². The van der Waals surface area contributed by atoms with E-state index in [1.807, 2.05) is 47.2 Å². The lowest BCUT2D eigenvalue weighted by atomic mass is 9.93. The third kappa shape index (κ3) is 3.48. The Balaban J connectivity index is 1.45. The number of hydrogen-bond donors (Lipinski definition) is 1. The smallest absolute Gasteiger partial charge is 0.325 e. The van der Waals surface area contributed by atoms with Gasteiger partial charge in [-0.2, -0.15) is 16.3 Å². The molecule has 1 aromatic carbocycles. The molecule has 2 aromatic heterocycles. The van der Waals surface area contributed by atoms with Gasteiger partial charge in [-0.15, -0.1) is 0 Å². The Morgan fingerprint density at radius 1 is 1.22 bits per heavy atom. The average Bonchev–Trinajstić information content (AvgIpc) is 3.39. The van der Waals surface area contributed by atoms with Crippen LogP contribution in [-0.2, 0) is 17.8 Å². The fourth-order valence-electron chi connectivity index (χ4n) is 3.06. The van der Waals surface area contributed by atoms with Crippen molar-refractivity contribution in [3.05, 3.63) is 58.6 Å². The van der Waals surface area contributed by atoms with Crippen LogP contribution in [0.1, 0.15) is 24.8 Å². The Morgan fingerprint density at radius 3 is 2.78 bits per heavy atom. The van der Waals surface area contributed by atoms with Gasteiger partial charge in [0.25, 0.3) is 5.91 Å². The largest absolute Gasteiger partial charge is 0.337 e. The maximum Gasteiger partial charge on any atom is 0.325 e. The molecule has 8 heteroatoms. The molecule has 138 valence electrons. The number of hydrogen-bond acceptors (Lipinski definition) is 6. The number of thiophene rings is 1. The van der Waals surface area contributed by atoms with Gasteiger partial charge in [0, 0.05) is 10.9 Å². The molecule has 0 radical (unpaired) electrons. The van der Waals surface area contributed by atoms with E-state index in [1.165, 1.54) is 11.3 Å². The Labute approximate surface area is 160 Å². The fourth-order valence-corrected chi connectivity index (χ4v) is 3.70. The maximum absolute atomic E-state index is 12.9. The molecule has 3 aromatic rings. The molecule has 1 aliphatic rings. The maximum atomic E-state index is 12.9. The van der Waals surface area contributed by atoms with Gasteiger partial charge in [-0.25, -0.2) is 4.79 Å². The minimum atomic E-state index is -0.941. The number of benzene rings is 1. The molecule has 7 nitrogen and oxygen atoms in total. The molecule has 1 saturated heterocycles. The Bertz CT molecular complexity index is 955. The van der Waals surface area contributed by atoms with E-state index in [9.17, 15) is 9.59 Å². The second-order valence-electron chi connectivity index (χ2n) is 6.66. The molecule has 0 unspecified atom stereocenters. The van der Waals surface area contributed by atoms with Crippen molar-refractivity contribution in [3.63, 3.8) is 0 Å². The molecular weight excluding hydrogens is 364 g/mol. The van der Waals surface area contributed by atoms with Crippen molar-refractivity contribution in [2.45, 2.75) is 31.8 Å². The summed E-state index contributed by atoms with van der Waals surface area (Å²) in [6.07, 6.45) is 1.21. The summed E-state index contributed by atoms with van der Waals surface area (Å²) in [5, 5.41) is 10.5. The number of nitrogens with zero attached hydrogens (tertiary/aromatic N) is 3. The predicted molar refractivity (Wildman–Crippen MR) is 99.9 cm³/mol. The summed E-state index contributed by atoms with van der Waals surface area (Å²) in [5.41, 5.74) is 1.03. The molecule has 0 spiro atoms. The molecule has 0 saturated carbocycles. The molecule has 3 heterocycles. The van der Waals surface area contributed by atoms with Gasteiger partial charge in [-0.3, -0.25) is 9.69 Å². The number of carbonyl (C=O) groups is 2. The molecule has 3 amide bonds. The van der Waals surface area contributed by atoms with E-state index in [0.29, 0.717) is 18.7 Å². The fraction of sp³-hybridized carbons (Fsp3) is 0.263. The van der Waals surface area contributed by atoms with Crippen molar-refractivity contribution in [3.8, 4) is 11.4 Å². The topological polar surface area (TPSA) is 88.3 Å². The second-order valence-corrected chi connectivity index (χ2v) is 7.44. The summed E-state index contributed by atoms with van der Waals surface area (Å²) in [5.74, 6) is 0.399. The molecule has 1 fully saturated rings. The summed E-state index contributed by atoms with van der Waals surface area (Å²) in [7, 11) is 0. The first-order valence-corrected chi connectivity index (χ1v) is 9.53. The van der Waals surface area contributed by atoms with E-state index < -0.39 is 11.6 Å². The van der Waals surface area contributed by atoms with Crippen LogP contribution in [0.25, 0.3) is 11.4 Å². The highest BCUT2D eigenvalue weighted by atomic mass is 32.1. The second kappa shape index (κ2) is 6.96. The molecule has 4 rings (SSSR count). The van der Waals surface area contributed by atoms with Gasteiger partial charge in [0.2, 0.25) is 11.7 Å². The number of carbonyl (C=O) groups excluding carboxylic acids is 2. The van der Waals surface area contributed by atoms with Crippen LogP contribution in [0.3, 0.4) is 0 Å². The van der Waals surface area contributed by atoms with E-state index >= 15 is 0 Å². The van der Waals surface area contributed by atoms with E-state index in [2.05, 4.69) is 15.5 Å². The van der Waals surface area contributed by atoms with Crippen molar-refractivity contribution >= 4 is 23.3 Å². The number of urea groups is 1. The van der Waals surface area contributed by atoms with Crippen molar-refractivity contribution in [2.24, 2.45) is 0 Å². The quantitative estimate of drug-likeness (QED) is 0.661. The SMILES string of the molecule is C[C@@]1(CCc2ccccc2)NC(=O)N(Cc2nc(-c3ccsc3)no2)C1=O.